The van der Waals surface area contributed by atoms with E-state index in [-0.39, 0.29) is 5.91 Å². The molecule has 98 valence electrons. The van der Waals surface area contributed by atoms with Crippen LogP contribution in [0, 0.1) is 11.3 Å². The first-order valence-corrected chi connectivity index (χ1v) is 6.84. The SMILES string of the molecule is N#Cc1ccc(NC2C(=O)Nc3cccc(Br)c32)cc1. The smallest absolute Gasteiger partial charge is 0.251 e. The van der Waals surface area contributed by atoms with Crippen LogP contribution in [0.15, 0.2) is 46.9 Å². The molecular weight excluding hydrogens is 318 g/mol. The van der Waals surface area contributed by atoms with Crippen molar-refractivity contribution in [3.05, 3.63) is 58.1 Å². The van der Waals surface area contributed by atoms with E-state index in [0.717, 1.165) is 21.4 Å². The van der Waals surface area contributed by atoms with Crippen molar-refractivity contribution < 1.29 is 4.79 Å². The number of nitrogens with one attached hydrogen (secondary N) is 2. The molecule has 1 aliphatic rings. The molecule has 0 spiro atoms. The zero-order chi connectivity index (χ0) is 14.1. The zero-order valence-electron chi connectivity index (χ0n) is 10.4. The topological polar surface area (TPSA) is 64.9 Å². The van der Waals surface area contributed by atoms with Gasteiger partial charge in [0.15, 0.2) is 0 Å². The third kappa shape index (κ3) is 2.15. The van der Waals surface area contributed by atoms with Crippen molar-refractivity contribution in [1.29, 1.82) is 5.26 Å². The van der Waals surface area contributed by atoms with Gasteiger partial charge in [0.05, 0.1) is 11.6 Å². The summed E-state index contributed by atoms with van der Waals surface area (Å²) in [6, 6.07) is 14.3. The summed E-state index contributed by atoms with van der Waals surface area (Å²) in [5.74, 6) is -0.0868. The fraction of sp³-hybridized carbons (Fsp3) is 0.0667. The van der Waals surface area contributed by atoms with Crippen molar-refractivity contribution in [3.63, 3.8) is 0 Å². The standard InChI is InChI=1S/C15H10BrN3O/c16-11-2-1-3-12-13(11)14(15(20)19-12)18-10-6-4-9(8-17)5-7-10/h1-7,14,18H,(H,19,20). The highest BCUT2D eigenvalue weighted by molar-refractivity contribution is 9.10. The number of hydrogen-bond donors (Lipinski definition) is 2. The minimum Gasteiger partial charge on any atom is -0.370 e. The summed E-state index contributed by atoms with van der Waals surface area (Å²) < 4.78 is 0.888. The summed E-state index contributed by atoms with van der Waals surface area (Å²) in [7, 11) is 0. The summed E-state index contributed by atoms with van der Waals surface area (Å²) in [4.78, 5) is 12.1. The van der Waals surface area contributed by atoms with Crippen LogP contribution in [-0.2, 0) is 4.79 Å². The van der Waals surface area contributed by atoms with Crippen LogP contribution in [0.5, 0.6) is 0 Å². The molecule has 1 unspecified atom stereocenters. The van der Waals surface area contributed by atoms with Crippen molar-refractivity contribution in [1.82, 2.24) is 0 Å². The average molecular weight is 328 g/mol. The highest BCUT2D eigenvalue weighted by atomic mass is 79.9. The molecule has 0 radical (unpaired) electrons. The second-order valence-electron chi connectivity index (χ2n) is 4.46. The number of carbonyl (C=O) groups excluding carboxylic acids is 1. The third-order valence-corrected chi connectivity index (χ3v) is 3.88. The highest BCUT2D eigenvalue weighted by Gasteiger charge is 2.32. The predicted molar refractivity (Wildman–Crippen MR) is 80.3 cm³/mol. The van der Waals surface area contributed by atoms with Crippen LogP contribution in [0.1, 0.15) is 17.2 Å². The van der Waals surface area contributed by atoms with E-state index < -0.39 is 6.04 Å². The van der Waals surface area contributed by atoms with Gasteiger partial charge in [0.1, 0.15) is 6.04 Å². The number of fused-ring (bicyclic) bond motifs is 1. The van der Waals surface area contributed by atoms with Crippen LogP contribution in [0.25, 0.3) is 0 Å². The maximum Gasteiger partial charge on any atom is 0.251 e. The first-order chi connectivity index (χ1) is 9.69. The van der Waals surface area contributed by atoms with E-state index in [9.17, 15) is 4.79 Å². The number of benzene rings is 2. The van der Waals surface area contributed by atoms with Crippen LogP contribution >= 0.6 is 15.9 Å². The maximum atomic E-state index is 12.1. The van der Waals surface area contributed by atoms with E-state index in [1.54, 1.807) is 24.3 Å². The molecule has 1 heterocycles. The van der Waals surface area contributed by atoms with Gasteiger partial charge in [-0.15, -0.1) is 0 Å². The summed E-state index contributed by atoms with van der Waals surface area (Å²) in [5, 5.41) is 14.8. The third-order valence-electron chi connectivity index (χ3n) is 3.19. The molecule has 2 N–H and O–H groups in total. The summed E-state index contributed by atoms with van der Waals surface area (Å²) in [6.45, 7) is 0. The Morgan fingerprint density at radius 2 is 1.95 bits per heavy atom. The Bertz CT molecular complexity index is 719. The highest BCUT2D eigenvalue weighted by Crippen LogP contribution is 2.38. The summed E-state index contributed by atoms with van der Waals surface area (Å²) in [5.41, 5.74) is 3.11. The van der Waals surface area contributed by atoms with Crippen molar-refractivity contribution in [2.45, 2.75) is 6.04 Å². The Morgan fingerprint density at radius 1 is 1.20 bits per heavy atom. The van der Waals surface area contributed by atoms with Gasteiger partial charge >= 0.3 is 0 Å². The minimum atomic E-state index is -0.437. The Balaban J connectivity index is 1.92. The minimum absolute atomic E-state index is 0.0868. The molecule has 5 heteroatoms. The normalized spacial score (nSPS) is 16.2. The number of nitriles is 1. The molecule has 1 amide bonds. The number of anilines is 2. The Morgan fingerprint density at radius 3 is 2.65 bits per heavy atom. The molecule has 0 saturated carbocycles. The van der Waals surface area contributed by atoms with Gasteiger partial charge in [0, 0.05) is 21.4 Å². The molecule has 0 fully saturated rings. The van der Waals surface area contributed by atoms with Gasteiger partial charge in [0.25, 0.3) is 5.91 Å². The average Bonchev–Trinajstić information content (AvgIpc) is 2.77. The van der Waals surface area contributed by atoms with E-state index in [2.05, 4.69) is 32.6 Å². The van der Waals surface area contributed by atoms with Gasteiger partial charge in [0.2, 0.25) is 0 Å². The largest absolute Gasteiger partial charge is 0.370 e. The van der Waals surface area contributed by atoms with Crippen LogP contribution in [0.2, 0.25) is 0 Å². The Kier molecular flexibility index (Phi) is 3.17. The molecule has 20 heavy (non-hydrogen) atoms. The Labute approximate surface area is 124 Å². The van der Waals surface area contributed by atoms with Gasteiger partial charge in [-0.05, 0) is 36.4 Å². The molecule has 0 aromatic heterocycles. The first kappa shape index (κ1) is 12.7. The lowest BCUT2D eigenvalue weighted by molar-refractivity contribution is -0.116. The quantitative estimate of drug-likeness (QED) is 0.888. The molecular formula is C15H10BrN3O. The molecule has 1 aliphatic heterocycles. The van der Waals surface area contributed by atoms with Gasteiger partial charge < -0.3 is 10.6 Å². The number of hydrogen-bond acceptors (Lipinski definition) is 3. The summed E-state index contributed by atoms with van der Waals surface area (Å²) >= 11 is 3.48. The molecule has 0 aliphatic carbocycles. The van der Waals surface area contributed by atoms with Gasteiger partial charge in [-0.2, -0.15) is 5.26 Å². The number of halogens is 1. The second-order valence-corrected chi connectivity index (χ2v) is 5.31. The predicted octanol–water partition coefficient (Wildman–Crippen LogP) is 3.43. The maximum absolute atomic E-state index is 12.1. The lowest BCUT2D eigenvalue weighted by Crippen LogP contribution is -2.19. The van der Waals surface area contributed by atoms with Gasteiger partial charge in [-0.3, -0.25) is 4.79 Å². The fourth-order valence-electron chi connectivity index (χ4n) is 2.22. The fourth-order valence-corrected chi connectivity index (χ4v) is 2.82. The lowest BCUT2D eigenvalue weighted by atomic mass is 10.1. The van der Waals surface area contributed by atoms with Crippen LogP contribution in [0.4, 0.5) is 11.4 Å². The molecule has 4 nitrogen and oxygen atoms in total. The number of amides is 1. The molecule has 1 atom stereocenters. The van der Waals surface area contributed by atoms with Crippen LogP contribution in [0.3, 0.4) is 0 Å². The first-order valence-electron chi connectivity index (χ1n) is 6.05. The number of rotatable bonds is 2. The van der Waals surface area contributed by atoms with E-state index in [4.69, 9.17) is 5.26 Å². The molecule has 0 bridgehead atoms. The van der Waals surface area contributed by atoms with E-state index >= 15 is 0 Å². The molecule has 2 aromatic carbocycles. The number of nitrogens with zero attached hydrogens (tertiary/aromatic N) is 1. The van der Waals surface area contributed by atoms with Crippen LogP contribution < -0.4 is 10.6 Å². The zero-order valence-corrected chi connectivity index (χ0v) is 11.9. The van der Waals surface area contributed by atoms with Crippen molar-refractivity contribution in [3.8, 4) is 6.07 Å². The van der Waals surface area contributed by atoms with E-state index in [1.165, 1.54) is 0 Å². The Hall–Kier alpha value is -2.32. The summed E-state index contributed by atoms with van der Waals surface area (Å²) in [6.07, 6.45) is 0. The monoisotopic (exact) mass is 327 g/mol. The van der Waals surface area contributed by atoms with Crippen molar-refractivity contribution in [2.24, 2.45) is 0 Å². The molecule has 3 rings (SSSR count). The van der Waals surface area contributed by atoms with Crippen LogP contribution in [-0.4, -0.2) is 5.91 Å². The number of carbonyl (C=O) groups is 1. The molecule has 2 aromatic rings. The van der Waals surface area contributed by atoms with Crippen molar-refractivity contribution >= 4 is 33.2 Å². The molecule has 0 saturated heterocycles. The van der Waals surface area contributed by atoms with Gasteiger partial charge in [-0.1, -0.05) is 22.0 Å². The van der Waals surface area contributed by atoms with E-state index in [1.807, 2.05) is 18.2 Å². The van der Waals surface area contributed by atoms with E-state index in [0.29, 0.717) is 5.56 Å². The lowest BCUT2D eigenvalue weighted by Gasteiger charge is -2.14. The second kappa shape index (κ2) is 4.99. The van der Waals surface area contributed by atoms with Gasteiger partial charge in [-0.25, -0.2) is 0 Å². The van der Waals surface area contributed by atoms with Crippen molar-refractivity contribution in [2.75, 3.05) is 10.6 Å².